The molecule has 0 atom stereocenters. The third kappa shape index (κ3) is 6.23. The number of hydrogen-bond donors (Lipinski definition) is 1. The fourth-order valence-electron chi connectivity index (χ4n) is 2.81. The Morgan fingerprint density at radius 2 is 1.76 bits per heavy atom. The van der Waals surface area contributed by atoms with Crippen molar-refractivity contribution < 1.29 is 19.1 Å². The van der Waals surface area contributed by atoms with E-state index in [1.807, 2.05) is 24.3 Å². The molecule has 1 saturated heterocycles. The molecule has 0 unspecified atom stereocenters. The van der Waals surface area contributed by atoms with Crippen molar-refractivity contribution in [1.82, 2.24) is 4.90 Å². The highest BCUT2D eigenvalue weighted by Crippen LogP contribution is 2.15. The van der Waals surface area contributed by atoms with Crippen LogP contribution in [-0.4, -0.2) is 50.7 Å². The molecule has 0 aliphatic carbocycles. The van der Waals surface area contributed by atoms with E-state index in [-0.39, 0.29) is 5.70 Å². The Kier molecular flexibility index (Phi) is 7.47. The maximum Gasteiger partial charge on any atom is 0.354 e. The Bertz CT molecular complexity index is 604. The maximum atomic E-state index is 11.7. The second kappa shape index (κ2) is 9.84. The zero-order chi connectivity index (χ0) is 18.1. The van der Waals surface area contributed by atoms with Crippen LogP contribution >= 0.6 is 0 Å². The number of anilines is 1. The van der Waals surface area contributed by atoms with E-state index in [2.05, 4.69) is 19.7 Å². The van der Waals surface area contributed by atoms with Gasteiger partial charge in [0.2, 0.25) is 0 Å². The third-order valence-corrected chi connectivity index (χ3v) is 4.27. The van der Waals surface area contributed by atoms with Crippen molar-refractivity contribution in [2.75, 3.05) is 39.2 Å². The first-order chi connectivity index (χ1) is 12.1. The first-order valence-electron chi connectivity index (χ1n) is 8.58. The van der Waals surface area contributed by atoms with Gasteiger partial charge in [-0.05, 0) is 50.0 Å². The van der Waals surface area contributed by atoms with Gasteiger partial charge in [0.15, 0.2) is 0 Å². The van der Waals surface area contributed by atoms with Gasteiger partial charge in [-0.25, -0.2) is 9.59 Å². The summed E-state index contributed by atoms with van der Waals surface area (Å²) in [5.41, 5.74) is 1.99. The lowest BCUT2D eigenvalue weighted by Crippen LogP contribution is -2.31. The molecule has 0 saturated carbocycles. The summed E-state index contributed by atoms with van der Waals surface area (Å²) in [5, 5.41) is 2.90. The van der Waals surface area contributed by atoms with Crippen LogP contribution in [0, 0.1) is 0 Å². The van der Waals surface area contributed by atoms with E-state index in [0.717, 1.165) is 19.0 Å². The van der Waals surface area contributed by atoms with Crippen LogP contribution in [0.15, 0.2) is 36.0 Å². The number of methoxy groups -OCH3 is 2. The first kappa shape index (κ1) is 19.0. The number of hydrogen-bond acceptors (Lipinski definition) is 6. The number of benzene rings is 1. The van der Waals surface area contributed by atoms with Crippen LogP contribution in [0.5, 0.6) is 0 Å². The molecule has 0 spiro atoms. The van der Waals surface area contributed by atoms with Gasteiger partial charge in [-0.15, -0.1) is 0 Å². The van der Waals surface area contributed by atoms with Crippen LogP contribution in [0.3, 0.4) is 0 Å². The molecule has 0 bridgehead atoms. The molecule has 136 valence electrons. The predicted molar refractivity (Wildman–Crippen MR) is 96.2 cm³/mol. The average Bonchev–Trinajstić information content (AvgIpc) is 2.66. The topological polar surface area (TPSA) is 67.9 Å². The zero-order valence-electron chi connectivity index (χ0n) is 14.9. The molecule has 25 heavy (non-hydrogen) atoms. The highest BCUT2D eigenvalue weighted by atomic mass is 16.5. The summed E-state index contributed by atoms with van der Waals surface area (Å²) in [7, 11) is 2.52. The minimum atomic E-state index is -0.625. The molecule has 1 aromatic carbocycles. The monoisotopic (exact) mass is 346 g/mol. The molecular formula is C19H26N2O4. The lowest BCUT2D eigenvalue weighted by molar-refractivity contribution is -0.138. The van der Waals surface area contributed by atoms with Gasteiger partial charge in [0.25, 0.3) is 0 Å². The first-order valence-corrected chi connectivity index (χ1v) is 8.58. The number of carbonyl (C=O) groups is 2. The molecule has 1 aliphatic rings. The average molecular weight is 346 g/mol. The molecule has 1 fully saturated rings. The van der Waals surface area contributed by atoms with Crippen molar-refractivity contribution >= 4 is 17.6 Å². The summed E-state index contributed by atoms with van der Waals surface area (Å²) in [4.78, 5) is 25.6. The van der Waals surface area contributed by atoms with Crippen molar-refractivity contribution in [1.29, 1.82) is 0 Å². The number of carbonyl (C=O) groups excluding carboxylic acids is 2. The van der Waals surface area contributed by atoms with Crippen LogP contribution in [0.4, 0.5) is 5.69 Å². The minimum absolute atomic E-state index is 0.0374. The highest BCUT2D eigenvalue weighted by molar-refractivity contribution is 5.98. The van der Waals surface area contributed by atoms with Crippen LogP contribution in [0.1, 0.15) is 24.8 Å². The van der Waals surface area contributed by atoms with E-state index in [4.69, 9.17) is 0 Å². The standard InChI is InChI=1S/C19H26N2O4/c1-24-18(22)14-17(19(23)25-2)20-16-8-6-15(7-9-16)10-13-21-11-4-3-5-12-21/h6-9,14,20H,3-5,10-13H2,1-2H3/b17-14+. The van der Waals surface area contributed by atoms with E-state index in [1.165, 1.54) is 52.1 Å². The number of nitrogens with one attached hydrogen (secondary N) is 1. The molecule has 2 rings (SSSR count). The van der Waals surface area contributed by atoms with E-state index < -0.39 is 11.9 Å². The van der Waals surface area contributed by atoms with Gasteiger partial charge in [-0.3, -0.25) is 0 Å². The molecule has 0 aromatic heterocycles. The normalized spacial score (nSPS) is 15.5. The van der Waals surface area contributed by atoms with Crippen molar-refractivity contribution in [3.63, 3.8) is 0 Å². The third-order valence-electron chi connectivity index (χ3n) is 4.27. The molecule has 0 radical (unpaired) electrons. The second-order valence-electron chi connectivity index (χ2n) is 6.05. The minimum Gasteiger partial charge on any atom is -0.466 e. The Morgan fingerprint density at radius 1 is 1.08 bits per heavy atom. The molecule has 1 aliphatic heterocycles. The van der Waals surface area contributed by atoms with E-state index in [0.29, 0.717) is 5.69 Å². The molecule has 0 amide bonds. The smallest absolute Gasteiger partial charge is 0.354 e. The molecule has 6 heteroatoms. The van der Waals surface area contributed by atoms with Crippen molar-refractivity contribution in [2.24, 2.45) is 0 Å². The van der Waals surface area contributed by atoms with Gasteiger partial charge in [-0.2, -0.15) is 0 Å². The summed E-state index contributed by atoms with van der Waals surface area (Å²) in [6.07, 6.45) is 6.02. The number of piperidine rings is 1. The Labute approximate surface area is 148 Å². The predicted octanol–water partition coefficient (Wildman–Crippen LogP) is 2.36. The lowest BCUT2D eigenvalue weighted by Gasteiger charge is -2.26. The summed E-state index contributed by atoms with van der Waals surface area (Å²) in [5.74, 6) is -1.24. The summed E-state index contributed by atoms with van der Waals surface area (Å²) in [6.45, 7) is 3.46. The van der Waals surface area contributed by atoms with E-state index in [9.17, 15) is 9.59 Å². The largest absolute Gasteiger partial charge is 0.466 e. The summed E-state index contributed by atoms with van der Waals surface area (Å²) in [6, 6.07) is 7.83. The summed E-state index contributed by atoms with van der Waals surface area (Å²) >= 11 is 0. The number of esters is 2. The molecule has 6 nitrogen and oxygen atoms in total. The summed E-state index contributed by atoms with van der Waals surface area (Å²) < 4.78 is 9.23. The SMILES string of the molecule is COC(=O)/C=C(/Nc1ccc(CCN2CCCCC2)cc1)C(=O)OC. The molecular weight excluding hydrogens is 320 g/mol. The van der Waals surface area contributed by atoms with Crippen molar-refractivity contribution in [2.45, 2.75) is 25.7 Å². The van der Waals surface area contributed by atoms with Crippen LogP contribution < -0.4 is 5.32 Å². The van der Waals surface area contributed by atoms with Gasteiger partial charge in [0.05, 0.1) is 20.3 Å². The Morgan fingerprint density at radius 3 is 2.36 bits per heavy atom. The fourth-order valence-corrected chi connectivity index (χ4v) is 2.81. The van der Waals surface area contributed by atoms with Crippen molar-refractivity contribution in [3.05, 3.63) is 41.6 Å². The van der Waals surface area contributed by atoms with Crippen molar-refractivity contribution in [3.8, 4) is 0 Å². The number of likely N-dealkylation sites (tertiary alicyclic amines) is 1. The number of nitrogens with zero attached hydrogens (tertiary/aromatic N) is 1. The van der Waals surface area contributed by atoms with Gasteiger partial charge in [0.1, 0.15) is 5.70 Å². The quantitative estimate of drug-likeness (QED) is 0.604. The van der Waals surface area contributed by atoms with Crippen LogP contribution in [0.25, 0.3) is 0 Å². The van der Waals surface area contributed by atoms with Crippen LogP contribution in [-0.2, 0) is 25.5 Å². The number of rotatable bonds is 7. The van der Waals surface area contributed by atoms with E-state index in [1.54, 1.807) is 0 Å². The molecule has 1 heterocycles. The maximum absolute atomic E-state index is 11.7. The highest BCUT2D eigenvalue weighted by Gasteiger charge is 2.13. The van der Waals surface area contributed by atoms with Gasteiger partial charge in [0, 0.05) is 12.2 Å². The Hall–Kier alpha value is -2.34. The van der Waals surface area contributed by atoms with Gasteiger partial charge >= 0.3 is 11.9 Å². The molecule has 1 N–H and O–H groups in total. The van der Waals surface area contributed by atoms with E-state index >= 15 is 0 Å². The zero-order valence-corrected chi connectivity index (χ0v) is 14.9. The van der Waals surface area contributed by atoms with Gasteiger partial charge < -0.3 is 19.7 Å². The Balaban J connectivity index is 1.94. The second-order valence-corrected chi connectivity index (χ2v) is 6.05. The van der Waals surface area contributed by atoms with Crippen LogP contribution in [0.2, 0.25) is 0 Å². The molecule has 1 aromatic rings. The fraction of sp³-hybridized carbons (Fsp3) is 0.474. The lowest BCUT2D eigenvalue weighted by atomic mass is 10.1. The van der Waals surface area contributed by atoms with Gasteiger partial charge in [-0.1, -0.05) is 18.6 Å². The number of ether oxygens (including phenoxy) is 2.